The van der Waals surface area contributed by atoms with Gasteiger partial charge in [0.15, 0.2) is 0 Å². The fraction of sp³-hybridized carbons (Fsp3) is 0.662. The minimum absolute atomic E-state index is 0.0294. The van der Waals surface area contributed by atoms with Crippen LogP contribution in [0.2, 0.25) is 0 Å². The quantitative estimate of drug-likeness (QED) is 0.0343. The molecule has 8 atom stereocenters. The number of rotatable bonds is 34. The second kappa shape index (κ2) is 35.7. The summed E-state index contributed by atoms with van der Waals surface area (Å²) in [5.41, 5.74) is -13.4. The highest BCUT2D eigenvalue weighted by Crippen LogP contribution is 2.15. The molecule has 0 fully saturated rings. The van der Waals surface area contributed by atoms with Crippen LogP contribution in [0.4, 0.5) is 4.79 Å². The second-order valence-corrected chi connectivity index (χ2v) is 30.7. The molecule has 35 nitrogen and oxygen atoms in total. The van der Waals surface area contributed by atoms with Gasteiger partial charge in [0.1, 0.15) is 105 Å². The molecule has 1 rings (SSSR count). The van der Waals surface area contributed by atoms with Gasteiger partial charge in [0.05, 0.1) is 0 Å². The zero-order valence-corrected chi connectivity index (χ0v) is 64.5. The highest BCUT2D eigenvalue weighted by molar-refractivity contribution is 6.03. The summed E-state index contributed by atoms with van der Waals surface area (Å²) in [6.45, 7) is 36.9. The average Bonchev–Trinajstić information content (AvgIpc) is 0.840. The van der Waals surface area contributed by atoms with Gasteiger partial charge in [0.2, 0.25) is 88.6 Å². The van der Waals surface area contributed by atoms with Crippen LogP contribution in [0, 0.1) is 0 Å². The summed E-state index contributed by atoms with van der Waals surface area (Å²) >= 11 is 0. The van der Waals surface area contributed by atoms with Crippen LogP contribution in [-0.4, -0.2) is 199 Å². The maximum absolute atomic E-state index is 13.5. The summed E-state index contributed by atoms with van der Waals surface area (Å²) in [4.78, 5) is 225. The van der Waals surface area contributed by atoms with Crippen molar-refractivity contribution in [3.8, 4) is 0 Å². The van der Waals surface area contributed by atoms with Crippen molar-refractivity contribution in [2.75, 3.05) is 0 Å². The van der Waals surface area contributed by atoms with Crippen molar-refractivity contribution in [2.24, 2.45) is 0 Å². The third-order valence-corrected chi connectivity index (χ3v) is 15.5. The van der Waals surface area contributed by atoms with Gasteiger partial charge < -0.3 is 94.5 Å². The van der Waals surface area contributed by atoms with Gasteiger partial charge in [-0.05, 0) is 193 Å². The number of carbonyl (C=O) groups excluding carboxylic acids is 17. The second-order valence-electron chi connectivity index (χ2n) is 30.7. The summed E-state index contributed by atoms with van der Waals surface area (Å²) in [6, 6.07) is -1.26. The van der Waals surface area contributed by atoms with E-state index in [0.29, 0.717) is 0 Å². The third kappa shape index (κ3) is 29.1. The molecule has 0 saturated heterocycles. The number of esters is 1. The van der Waals surface area contributed by atoms with Crippen molar-refractivity contribution in [2.45, 2.75) is 292 Å². The van der Waals surface area contributed by atoms with E-state index >= 15 is 0 Å². The van der Waals surface area contributed by atoms with E-state index in [4.69, 9.17) is 9.47 Å². The Morgan fingerprint density at radius 3 is 0.631 bits per heavy atom. The fourth-order valence-electron chi connectivity index (χ4n) is 8.33. The number of ether oxygens (including phenoxy) is 2. The van der Waals surface area contributed by atoms with Crippen molar-refractivity contribution < 1.29 is 91.0 Å². The molecule has 8 unspecified atom stereocenters. The van der Waals surface area contributed by atoms with Crippen LogP contribution < -0.4 is 85.1 Å². The van der Waals surface area contributed by atoms with E-state index in [9.17, 15) is 81.5 Å². The smallest absolute Gasteiger partial charge is 0.408 e. The first-order valence-electron chi connectivity index (χ1n) is 33.4. The Kier molecular flexibility index (Phi) is 31.6. The zero-order valence-electron chi connectivity index (χ0n) is 64.5. The monoisotopic (exact) mass is 1460 g/mol. The normalized spacial score (nSPS) is 14.6. The highest BCUT2D eigenvalue weighted by Gasteiger charge is 2.43. The molecular weight excluding hydrogens is 1340 g/mol. The lowest BCUT2D eigenvalue weighted by molar-refractivity contribution is -0.153. The lowest BCUT2D eigenvalue weighted by Crippen LogP contribution is -2.65. The van der Waals surface area contributed by atoms with Crippen molar-refractivity contribution in [1.29, 1.82) is 0 Å². The molecule has 0 aromatic heterocycles. The first-order valence-corrected chi connectivity index (χ1v) is 33.4. The minimum atomic E-state index is -1.74. The molecule has 35 heteroatoms. The molecule has 0 bridgehead atoms. The number of hydrogen-bond donors (Lipinski definition) is 16. The van der Waals surface area contributed by atoms with Crippen LogP contribution in [0.3, 0.4) is 0 Å². The average molecular weight is 1460 g/mol. The summed E-state index contributed by atoms with van der Waals surface area (Å²) in [6.07, 6.45) is -0.856. The lowest BCUT2D eigenvalue weighted by Gasteiger charge is -2.32. The van der Waals surface area contributed by atoms with Crippen LogP contribution >= 0.6 is 0 Å². The molecule has 0 aliphatic carbocycles. The summed E-state index contributed by atoms with van der Waals surface area (Å²) in [5.74, 6) is -13.2. The SMILES string of the molecule is CC(NC(=O)OC(C)(C)C)C(=O)NC(C)(C)C(=O)NC(C)C(=O)NC(C)(C)C(=O)NC(C)C(=O)NC(C)(C)C(=O)NC(C)C(=O)NC(C)(C)C(=O)NC(C)C(=O)NC(C)(C)C(=O)NC(C)C(=O)NC(C)(C)C(=O)NC(C)C(=O)NC(C)(C)C(=O)NC(C)C(=O)NC(C)(C)C(=O)OCc1ccccc1. The highest BCUT2D eigenvalue weighted by atomic mass is 16.6. The molecule has 0 aliphatic heterocycles. The van der Waals surface area contributed by atoms with E-state index in [0.717, 1.165) is 5.56 Å². The zero-order chi connectivity index (χ0) is 80.5. The van der Waals surface area contributed by atoms with Gasteiger partial charge >= 0.3 is 12.1 Å². The van der Waals surface area contributed by atoms with E-state index in [1.807, 2.05) is 0 Å². The van der Waals surface area contributed by atoms with Gasteiger partial charge in [-0.25, -0.2) is 9.59 Å². The maximum atomic E-state index is 13.5. The van der Waals surface area contributed by atoms with E-state index in [1.165, 1.54) is 166 Å². The fourth-order valence-corrected chi connectivity index (χ4v) is 8.33. The Balaban J connectivity index is 2.79. The van der Waals surface area contributed by atoms with Gasteiger partial charge in [-0.15, -0.1) is 0 Å². The van der Waals surface area contributed by atoms with E-state index in [1.54, 1.807) is 51.1 Å². The summed E-state index contributed by atoms with van der Waals surface area (Å²) < 4.78 is 10.5. The molecule has 0 heterocycles. The van der Waals surface area contributed by atoms with Crippen molar-refractivity contribution in [3.05, 3.63) is 35.9 Å². The summed E-state index contributed by atoms with van der Waals surface area (Å²) in [5, 5.41) is 39.6. The van der Waals surface area contributed by atoms with Crippen molar-refractivity contribution in [1.82, 2.24) is 85.1 Å². The van der Waals surface area contributed by atoms with E-state index in [-0.39, 0.29) is 6.61 Å². The molecule has 103 heavy (non-hydrogen) atoms. The van der Waals surface area contributed by atoms with Gasteiger partial charge in [-0.2, -0.15) is 0 Å². The minimum Gasteiger partial charge on any atom is -0.459 e. The largest absolute Gasteiger partial charge is 0.459 e. The Bertz CT molecular complexity index is 3370. The molecule has 1 aromatic rings. The first-order chi connectivity index (χ1) is 46.4. The van der Waals surface area contributed by atoms with E-state index in [2.05, 4.69) is 85.1 Å². The Morgan fingerprint density at radius 2 is 0.447 bits per heavy atom. The molecule has 578 valence electrons. The number of alkyl carbamates (subject to hydrolysis) is 1. The number of carbonyl (C=O) groups is 17. The molecule has 0 aliphatic rings. The molecule has 16 N–H and O–H groups in total. The first kappa shape index (κ1) is 91.0. The molecule has 16 amide bonds. The standard InChI is InChI=1S/C68H112N16O19/c1-34(43(85)78-62(14,15)52(94)71-36(3)45(87)80-64(18,19)54(96)73-38(5)47(89)82-66(22,23)56(98)75-40(7)49(91)84-68(26,27)58(100)102-33-42-31-29-28-30-32-42)69-51(93)61(12,13)77-44(86)35(2)70-53(95)63(16,17)79-46(88)37(4)72-55(97)65(20,21)81-48(90)39(6)74-57(99)67(24,25)83-50(92)41(8)76-59(101)103-60(9,10)11/h28-32,34-41H,33H2,1-27H3,(H,69,93)(H,70,95)(H,71,94)(H,72,97)(H,73,96)(H,74,99)(H,75,98)(H,76,101)(H,77,86)(H,78,85)(H,79,88)(H,80,87)(H,81,90)(H,82,89)(H,83,92)(H,84,91). The van der Waals surface area contributed by atoms with Crippen LogP contribution in [0.1, 0.15) is 193 Å². The molecule has 0 radical (unpaired) electrons. The Labute approximate surface area is 602 Å². The van der Waals surface area contributed by atoms with Gasteiger partial charge in [0, 0.05) is 0 Å². The van der Waals surface area contributed by atoms with Crippen LogP contribution in [0.5, 0.6) is 0 Å². The van der Waals surface area contributed by atoms with Crippen LogP contribution in [0.25, 0.3) is 0 Å². The van der Waals surface area contributed by atoms with Crippen molar-refractivity contribution in [3.63, 3.8) is 0 Å². The van der Waals surface area contributed by atoms with Crippen molar-refractivity contribution >= 4 is 101 Å². The van der Waals surface area contributed by atoms with Crippen LogP contribution in [-0.2, 0) is 92.8 Å². The van der Waals surface area contributed by atoms with Gasteiger partial charge in [-0.1, -0.05) is 30.3 Å². The third-order valence-electron chi connectivity index (χ3n) is 15.5. The lowest BCUT2D eigenvalue weighted by atomic mass is 10.0. The Morgan fingerprint density at radius 1 is 0.272 bits per heavy atom. The number of benzene rings is 1. The topological polar surface area (TPSA) is 501 Å². The summed E-state index contributed by atoms with van der Waals surface area (Å²) in [7, 11) is 0. The molecule has 1 aromatic carbocycles. The molecular formula is C68H112N16O19. The molecule has 0 saturated carbocycles. The number of hydrogen-bond acceptors (Lipinski definition) is 19. The maximum Gasteiger partial charge on any atom is 0.408 e. The number of amides is 16. The predicted octanol–water partition coefficient (Wildman–Crippen LogP) is -1.67. The van der Waals surface area contributed by atoms with Crippen LogP contribution in [0.15, 0.2) is 30.3 Å². The van der Waals surface area contributed by atoms with E-state index < -0.39 is 199 Å². The van der Waals surface area contributed by atoms with Gasteiger partial charge in [0.25, 0.3) is 0 Å². The Hall–Kier alpha value is -9.99. The number of nitrogens with one attached hydrogen (secondary N) is 16. The molecule has 0 spiro atoms. The predicted molar refractivity (Wildman–Crippen MR) is 376 cm³/mol. The van der Waals surface area contributed by atoms with Gasteiger partial charge in [-0.3, -0.25) is 71.9 Å².